The van der Waals surface area contributed by atoms with E-state index < -0.39 is 5.82 Å². The van der Waals surface area contributed by atoms with Crippen molar-refractivity contribution in [3.05, 3.63) is 34.6 Å². The summed E-state index contributed by atoms with van der Waals surface area (Å²) in [5, 5.41) is 6.09. The van der Waals surface area contributed by atoms with Gasteiger partial charge in [0, 0.05) is 6.54 Å². The number of carbonyl (C=O) groups is 1. The lowest BCUT2D eigenvalue weighted by molar-refractivity contribution is -0.123. The van der Waals surface area contributed by atoms with Crippen molar-refractivity contribution >= 4 is 17.5 Å². The largest absolute Gasteiger partial charge is 0.351 e. The van der Waals surface area contributed by atoms with Gasteiger partial charge >= 0.3 is 0 Å². The van der Waals surface area contributed by atoms with Crippen LogP contribution >= 0.6 is 11.6 Å². The molecule has 0 bridgehead atoms. The molecule has 0 aromatic heterocycles. The summed E-state index contributed by atoms with van der Waals surface area (Å²) in [4.78, 5) is 11.8. The van der Waals surface area contributed by atoms with Crippen LogP contribution in [0.2, 0.25) is 5.02 Å². The second kappa shape index (κ2) is 6.16. The monoisotopic (exact) mass is 270 g/mol. The fraction of sp³-hybridized carbons (Fsp3) is 0.462. The van der Waals surface area contributed by atoms with E-state index in [0.717, 1.165) is 31.4 Å². The van der Waals surface area contributed by atoms with Gasteiger partial charge in [0.15, 0.2) is 0 Å². The van der Waals surface area contributed by atoms with Crippen molar-refractivity contribution in [2.75, 3.05) is 6.54 Å². The summed E-state index contributed by atoms with van der Waals surface area (Å²) in [7, 11) is 0. The molecule has 1 aromatic rings. The average molecular weight is 271 g/mol. The van der Waals surface area contributed by atoms with Crippen molar-refractivity contribution in [3.8, 4) is 0 Å². The number of hydrogen-bond acceptors (Lipinski definition) is 2. The van der Waals surface area contributed by atoms with Crippen LogP contribution < -0.4 is 10.6 Å². The van der Waals surface area contributed by atoms with E-state index in [2.05, 4.69) is 10.6 Å². The van der Waals surface area contributed by atoms with E-state index in [9.17, 15) is 9.18 Å². The summed E-state index contributed by atoms with van der Waals surface area (Å²) in [6.45, 7) is 1.26. The lowest BCUT2D eigenvalue weighted by Crippen LogP contribution is -2.46. The molecular formula is C13H16ClFN2O. The van der Waals surface area contributed by atoms with Crippen molar-refractivity contribution in [3.63, 3.8) is 0 Å². The summed E-state index contributed by atoms with van der Waals surface area (Å²) in [5.41, 5.74) is 0.797. The van der Waals surface area contributed by atoms with Gasteiger partial charge in [-0.15, -0.1) is 0 Å². The van der Waals surface area contributed by atoms with Gasteiger partial charge in [0.05, 0.1) is 11.1 Å². The van der Waals surface area contributed by atoms with E-state index in [1.807, 2.05) is 0 Å². The molecule has 0 aliphatic carbocycles. The number of rotatable bonds is 3. The Labute approximate surface area is 111 Å². The highest BCUT2D eigenvalue weighted by atomic mass is 35.5. The van der Waals surface area contributed by atoms with Crippen LogP contribution in [0, 0.1) is 5.82 Å². The first kappa shape index (κ1) is 13.3. The van der Waals surface area contributed by atoms with E-state index in [4.69, 9.17) is 11.6 Å². The van der Waals surface area contributed by atoms with E-state index in [0.29, 0.717) is 6.54 Å². The first-order chi connectivity index (χ1) is 8.66. The quantitative estimate of drug-likeness (QED) is 0.884. The number of nitrogens with one attached hydrogen (secondary N) is 2. The Balaban J connectivity index is 1.86. The van der Waals surface area contributed by atoms with Crippen LogP contribution in [0.5, 0.6) is 0 Å². The summed E-state index contributed by atoms with van der Waals surface area (Å²) in [6.07, 6.45) is 3.07. The normalized spacial score (nSPS) is 19.6. The van der Waals surface area contributed by atoms with Gasteiger partial charge in [0.25, 0.3) is 0 Å². The van der Waals surface area contributed by atoms with Crippen LogP contribution in [-0.2, 0) is 11.3 Å². The minimum atomic E-state index is -0.444. The van der Waals surface area contributed by atoms with E-state index >= 15 is 0 Å². The molecule has 1 heterocycles. The number of carbonyl (C=O) groups excluding carboxylic acids is 1. The lowest BCUT2D eigenvalue weighted by atomic mass is 10.0. The van der Waals surface area contributed by atoms with Crippen molar-refractivity contribution in [1.29, 1.82) is 0 Å². The first-order valence-corrected chi connectivity index (χ1v) is 6.49. The molecule has 18 heavy (non-hydrogen) atoms. The number of halogens is 2. The van der Waals surface area contributed by atoms with Crippen LogP contribution in [0.25, 0.3) is 0 Å². The van der Waals surface area contributed by atoms with E-state index in [1.54, 1.807) is 6.07 Å². The van der Waals surface area contributed by atoms with Gasteiger partial charge in [-0.25, -0.2) is 4.39 Å². The smallest absolute Gasteiger partial charge is 0.237 e. The zero-order valence-corrected chi connectivity index (χ0v) is 10.8. The highest BCUT2D eigenvalue weighted by Gasteiger charge is 2.19. The molecule has 1 amide bonds. The highest BCUT2D eigenvalue weighted by molar-refractivity contribution is 6.30. The minimum Gasteiger partial charge on any atom is -0.351 e. The Morgan fingerprint density at radius 1 is 1.50 bits per heavy atom. The molecule has 0 radical (unpaired) electrons. The Morgan fingerprint density at radius 2 is 2.33 bits per heavy atom. The van der Waals surface area contributed by atoms with Crippen molar-refractivity contribution in [1.82, 2.24) is 10.6 Å². The maximum absolute atomic E-state index is 13.0. The summed E-state index contributed by atoms with van der Waals surface area (Å²) < 4.78 is 13.0. The molecular weight excluding hydrogens is 255 g/mol. The maximum atomic E-state index is 13.0. The van der Waals surface area contributed by atoms with Crippen LogP contribution in [0.15, 0.2) is 18.2 Å². The molecule has 1 aliphatic heterocycles. The van der Waals surface area contributed by atoms with Gasteiger partial charge in [0.2, 0.25) is 5.91 Å². The van der Waals surface area contributed by atoms with Crippen molar-refractivity contribution < 1.29 is 9.18 Å². The third kappa shape index (κ3) is 3.43. The number of piperidine rings is 1. The Kier molecular flexibility index (Phi) is 4.55. The molecule has 2 N–H and O–H groups in total. The maximum Gasteiger partial charge on any atom is 0.237 e. The Morgan fingerprint density at radius 3 is 3.00 bits per heavy atom. The van der Waals surface area contributed by atoms with Gasteiger partial charge in [0.1, 0.15) is 5.82 Å². The molecule has 1 aliphatic rings. The van der Waals surface area contributed by atoms with Crippen LogP contribution in [-0.4, -0.2) is 18.5 Å². The van der Waals surface area contributed by atoms with Crippen molar-refractivity contribution in [2.24, 2.45) is 0 Å². The standard InChI is InChI=1S/C13H16ClFN2O/c14-10-7-9(4-5-11(10)15)8-17-13(18)12-3-1-2-6-16-12/h4-5,7,12,16H,1-3,6,8H2,(H,17,18). The first-order valence-electron chi connectivity index (χ1n) is 6.12. The van der Waals surface area contributed by atoms with E-state index in [1.165, 1.54) is 12.1 Å². The molecule has 1 saturated heterocycles. The predicted octanol–water partition coefficient (Wildman–Crippen LogP) is 2.24. The van der Waals surface area contributed by atoms with Gasteiger partial charge < -0.3 is 10.6 Å². The topological polar surface area (TPSA) is 41.1 Å². The van der Waals surface area contributed by atoms with Crippen molar-refractivity contribution in [2.45, 2.75) is 31.8 Å². The fourth-order valence-electron chi connectivity index (χ4n) is 2.04. The molecule has 98 valence electrons. The molecule has 1 unspecified atom stereocenters. The van der Waals surface area contributed by atoms with Gasteiger partial charge in [-0.2, -0.15) is 0 Å². The van der Waals surface area contributed by atoms with Crippen LogP contribution in [0.3, 0.4) is 0 Å². The molecule has 2 rings (SSSR count). The van der Waals surface area contributed by atoms with Crippen LogP contribution in [0.1, 0.15) is 24.8 Å². The Hall–Kier alpha value is -1.13. The average Bonchev–Trinajstić information content (AvgIpc) is 2.41. The lowest BCUT2D eigenvalue weighted by Gasteiger charge is -2.22. The Bertz CT molecular complexity index is 433. The second-order valence-corrected chi connectivity index (χ2v) is 4.88. The minimum absolute atomic E-state index is 0.00449. The number of benzene rings is 1. The zero-order valence-electron chi connectivity index (χ0n) is 10.0. The summed E-state index contributed by atoms with van der Waals surface area (Å²) in [6, 6.07) is 4.36. The van der Waals surface area contributed by atoms with Gasteiger partial charge in [-0.3, -0.25) is 4.79 Å². The third-order valence-corrected chi connectivity index (χ3v) is 3.37. The zero-order chi connectivity index (χ0) is 13.0. The molecule has 1 atom stereocenters. The molecule has 3 nitrogen and oxygen atoms in total. The molecule has 1 fully saturated rings. The number of amides is 1. The summed E-state index contributed by atoms with van der Waals surface area (Å²) >= 11 is 5.68. The third-order valence-electron chi connectivity index (χ3n) is 3.08. The second-order valence-electron chi connectivity index (χ2n) is 4.47. The van der Waals surface area contributed by atoms with Crippen LogP contribution in [0.4, 0.5) is 4.39 Å². The molecule has 0 saturated carbocycles. The highest BCUT2D eigenvalue weighted by Crippen LogP contribution is 2.16. The summed E-state index contributed by atoms with van der Waals surface area (Å²) in [5.74, 6) is -0.448. The predicted molar refractivity (Wildman–Crippen MR) is 68.9 cm³/mol. The molecule has 5 heteroatoms. The van der Waals surface area contributed by atoms with Gasteiger partial charge in [-0.1, -0.05) is 24.1 Å². The van der Waals surface area contributed by atoms with Gasteiger partial charge in [-0.05, 0) is 37.1 Å². The SMILES string of the molecule is O=C(NCc1ccc(F)c(Cl)c1)C1CCCCN1. The van der Waals surface area contributed by atoms with E-state index in [-0.39, 0.29) is 17.0 Å². The number of hydrogen-bond donors (Lipinski definition) is 2. The molecule has 0 spiro atoms. The fourth-order valence-corrected chi connectivity index (χ4v) is 2.24. The molecule has 1 aromatic carbocycles.